The van der Waals surface area contributed by atoms with Crippen LogP contribution in [0, 0.1) is 0 Å². The van der Waals surface area contributed by atoms with Gasteiger partial charge in [-0.15, -0.1) is 0 Å². The normalized spacial score (nSPS) is 25.8. The fraction of sp³-hybridized carbons (Fsp3) is 0.474. The average Bonchev–Trinajstić information content (AvgIpc) is 2.64. The standard InChI is InChI=1S/C19H21Cl2NO7S/c1-9(23)26-8-15-17(27-10(2)24)16(22-4)18(28-11(3)25)19(29-15)30-12-5-6-13(20)14(21)7-12/h5-7,15-19H,4,8H2,1-3H3/t15?,16?,17-,18?,19+/m0/s1. The van der Waals surface area contributed by atoms with Crippen molar-refractivity contribution in [2.75, 3.05) is 6.61 Å². The summed E-state index contributed by atoms with van der Waals surface area (Å²) in [6.45, 7) is 7.07. The summed E-state index contributed by atoms with van der Waals surface area (Å²) in [6.07, 6.45) is -2.77. The third-order valence-electron chi connectivity index (χ3n) is 4.03. The second kappa shape index (κ2) is 11.0. The number of ether oxygens (including phenoxy) is 4. The average molecular weight is 478 g/mol. The molecule has 0 aliphatic carbocycles. The van der Waals surface area contributed by atoms with Crippen molar-refractivity contribution < 1.29 is 33.3 Å². The highest BCUT2D eigenvalue weighted by Gasteiger charge is 2.50. The molecule has 1 fully saturated rings. The van der Waals surface area contributed by atoms with E-state index in [1.54, 1.807) is 18.2 Å². The van der Waals surface area contributed by atoms with Gasteiger partial charge in [0.05, 0.1) is 10.0 Å². The van der Waals surface area contributed by atoms with Crippen LogP contribution >= 0.6 is 35.0 Å². The molecule has 0 bridgehead atoms. The molecule has 0 spiro atoms. The van der Waals surface area contributed by atoms with E-state index < -0.39 is 47.7 Å². The molecule has 0 radical (unpaired) electrons. The zero-order valence-electron chi connectivity index (χ0n) is 16.5. The van der Waals surface area contributed by atoms with Crippen LogP contribution in [0.2, 0.25) is 10.0 Å². The van der Waals surface area contributed by atoms with Gasteiger partial charge in [0, 0.05) is 25.7 Å². The number of rotatable bonds is 7. The topological polar surface area (TPSA) is 100 Å². The van der Waals surface area contributed by atoms with Gasteiger partial charge in [-0.25, -0.2) is 0 Å². The Bertz CT molecular complexity index is 822. The van der Waals surface area contributed by atoms with Crippen LogP contribution in [0.3, 0.4) is 0 Å². The molecule has 1 aromatic rings. The van der Waals surface area contributed by atoms with Crippen molar-refractivity contribution in [1.29, 1.82) is 0 Å². The fourth-order valence-electron chi connectivity index (χ4n) is 2.87. The second-order valence-electron chi connectivity index (χ2n) is 6.36. The summed E-state index contributed by atoms with van der Waals surface area (Å²) in [7, 11) is 0. The quantitative estimate of drug-likeness (QED) is 0.334. The maximum Gasteiger partial charge on any atom is 0.303 e. The van der Waals surface area contributed by atoms with Crippen LogP contribution in [0.5, 0.6) is 0 Å². The smallest absolute Gasteiger partial charge is 0.303 e. The number of benzene rings is 1. The van der Waals surface area contributed by atoms with E-state index in [9.17, 15) is 14.4 Å². The van der Waals surface area contributed by atoms with E-state index in [1.807, 2.05) is 0 Å². The van der Waals surface area contributed by atoms with E-state index in [1.165, 1.54) is 32.5 Å². The van der Waals surface area contributed by atoms with Crippen LogP contribution in [0.4, 0.5) is 0 Å². The van der Waals surface area contributed by atoms with Gasteiger partial charge in [0.1, 0.15) is 24.2 Å². The Morgan fingerprint density at radius 1 is 1.07 bits per heavy atom. The first-order chi connectivity index (χ1) is 14.1. The Labute approximate surface area is 188 Å². The lowest BCUT2D eigenvalue weighted by Gasteiger charge is -2.43. The number of esters is 3. The summed E-state index contributed by atoms with van der Waals surface area (Å²) in [5.74, 6) is -1.70. The van der Waals surface area contributed by atoms with E-state index in [-0.39, 0.29) is 6.61 Å². The zero-order chi connectivity index (χ0) is 22.4. The molecule has 30 heavy (non-hydrogen) atoms. The third-order valence-corrected chi connectivity index (χ3v) is 5.90. The Kier molecular flexibility index (Phi) is 8.96. The lowest BCUT2D eigenvalue weighted by Crippen LogP contribution is -2.59. The van der Waals surface area contributed by atoms with Crippen molar-refractivity contribution in [2.45, 2.75) is 55.5 Å². The Morgan fingerprint density at radius 3 is 2.23 bits per heavy atom. The Balaban J connectivity index is 2.38. The van der Waals surface area contributed by atoms with E-state index in [0.717, 1.165) is 0 Å². The summed E-state index contributed by atoms with van der Waals surface area (Å²) < 4.78 is 21.9. The SMILES string of the molecule is C=NC1C(OC(C)=O)[C@@H](Sc2ccc(Cl)c(Cl)c2)OC(COC(C)=O)[C@@H]1OC(C)=O. The van der Waals surface area contributed by atoms with Crippen LogP contribution in [0.15, 0.2) is 28.1 Å². The number of hydrogen-bond acceptors (Lipinski definition) is 9. The summed E-state index contributed by atoms with van der Waals surface area (Å²) in [5, 5.41) is 0.726. The number of hydrogen-bond donors (Lipinski definition) is 0. The molecule has 0 amide bonds. The first kappa shape index (κ1) is 24.5. The Hall–Kier alpha value is -1.81. The maximum absolute atomic E-state index is 11.7. The summed E-state index contributed by atoms with van der Waals surface area (Å²) in [4.78, 5) is 39.4. The molecule has 0 N–H and O–H groups in total. The van der Waals surface area contributed by atoms with Crippen LogP contribution in [0.1, 0.15) is 20.8 Å². The molecular weight excluding hydrogens is 457 g/mol. The van der Waals surface area contributed by atoms with E-state index in [4.69, 9.17) is 42.1 Å². The fourth-order valence-corrected chi connectivity index (χ4v) is 4.38. The van der Waals surface area contributed by atoms with Gasteiger partial charge in [-0.1, -0.05) is 35.0 Å². The monoisotopic (exact) mass is 477 g/mol. The molecule has 1 aliphatic heterocycles. The molecular formula is C19H21Cl2NO7S. The highest BCUT2D eigenvalue weighted by atomic mass is 35.5. The van der Waals surface area contributed by atoms with Gasteiger partial charge in [-0.2, -0.15) is 0 Å². The molecule has 0 saturated carbocycles. The number of carbonyl (C=O) groups excluding carboxylic acids is 3. The molecule has 1 saturated heterocycles. The van der Waals surface area contributed by atoms with Gasteiger partial charge in [-0.05, 0) is 24.9 Å². The molecule has 1 aromatic carbocycles. The minimum Gasteiger partial charge on any atom is -0.463 e. The zero-order valence-corrected chi connectivity index (χ0v) is 18.8. The number of aliphatic imine (C=N–C) groups is 1. The second-order valence-corrected chi connectivity index (χ2v) is 8.35. The van der Waals surface area contributed by atoms with Gasteiger partial charge in [0.2, 0.25) is 0 Å². The Morgan fingerprint density at radius 2 is 1.70 bits per heavy atom. The largest absolute Gasteiger partial charge is 0.463 e. The molecule has 11 heteroatoms. The number of halogens is 2. The summed E-state index contributed by atoms with van der Waals surface area (Å²) in [5.41, 5.74) is -0.783. The molecule has 1 aliphatic rings. The summed E-state index contributed by atoms with van der Waals surface area (Å²) in [6, 6.07) is 4.13. The van der Waals surface area contributed by atoms with E-state index in [0.29, 0.717) is 14.9 Å². The predicted molar refractivity (Wildman–Crippen MR) is 112 cm³/mol. The lowest BCUT2D eigenvalue weighted by atomic mass is 9.97. The van der Waals surface area contributed by atoms with Crippen molar-refractivity contribution >= 4 is 59.6 Å². The molecule has 5 atom stereocenters. The van der Waals surface area contributed by atoms with Crippen molar-refractivity contribution in [3.63, 3.8) is 0 Å². The number of thioether (sulfide) groups is 1. The van der Waals surface area contributed by atoms with Gasteiger partial charge in [0.15, 0.2) is 12.2 Å². The predicted octanol–water partition coefficient (Wildman–Crippen LogP) is 3.31. The molecule has 164 valence electrons. The first-order valence-corrected chi connectivity index (χ1v) is 10.5. The molecule has 2 rings (SSSR count). The number of carbonyl (C=O) groups is 3. The van der Waals surface area contributed by atoms with Crippen molar-refractivity contribution in [3.8, 4) is 0 Å². The third kappa shape index (κ3) is 6.60. The van der Waals surface area contributed by atoms with E-state index >= 15 is 0 Å². The van der Waals surface area contributed by atoms with Gasteiger partial charge in [0.25, 0.3) is 0 Å². The molecule has 3 unspecified atom stereocenters. The maximum atomic E-state index is 11.7. The van der Waals surface area contributed by atoms with Crippen LogP contribution < -0.4 is 0 Å². The highest BCUT2D eigenvalue weighted by Crippen LogP contribution is 2.38. The van der Waals surface area contributed by atoms with Crippen molar-refractivity contribution in [1.82, 2.24) is 0 Å². The van der Waals surface area contributed by atoms with Crippen molar-refractivity contribution in [2.24, 2.45) is 4.99 Å². The first-order valence-electron chi connectivity index (χ1n) is 8.83. The van der Waals surface area contributed by atoms with Crippen LogP contribution in [-0.2, 0) is 33.3 Å². The highest BCUT2D eigenvalue weighted by molar-refractivity contribution is 7.99. The van der Waals surface area contributed by atoms with Crippen LogP contribution in [0.25, 0.3) is 0 Å². The lowest BCUT2D eigenvalue weighted by molar-refractivity contribution is -0.200. The number of nitrogens with zero attached hydrogens (tertiary/aromatic N) is 1. The van der Waals surface area contributed by atoms with Gasteiger partial charge >= 0.3 is 17.9 Å². The minimum absolute atomic E-state index is 0.190. The minimum atomic E-state index is -0.977. The molecule has 0 aromatic heterocycles. The van der Waals surface area contributed by atoms with Crippen LogP contribution in [-0.4, -0.2) is 61.0 Å². The molecule has 8 nitrogen and oxygen atoms in total. The van der Waals surface area contributed by atoms with E-state index in [2.05, 4.69) is 11.7 Å². The van der Waals surface area contributed by atoms with Gasteiger partial charge in [-0.3, -0.25) is 19.4 Å². The van der Waals surface area contributed by atoms with Gasteiger partial charge < -0.3 is 18.9 Å². The summed E-state index contributed by atoms with van der Waals surface area (Å²) >= 11 is 13.3. The van der Waals surface area contributed by atoms with Crippen molar-refractivity contribution in [3.05, 3.63) is 28.2 Å². The molecule has 1 heterocycles.